The standard InChI is InChI=1S/C18H15ClFN3O2/c1-9(2)11-7-15(17(24)25-3)22-14-5-4-10(6-12(11)14)16-13(20)8-21-18(19)23-16/h4-9H,1-3H3. The molecule has 0 aliphatic carbocycles. The Hall–Kier alpha value is -2.60. The van der Waals surface area contributed by atoms with Gasteiger partial charge in [-0.3, -0.25) is 0 Å². The molecule has 0 amide bonds. The average molecular weight is 360 g/mol. The van der Waals surface area contributed by atoms with Crippen LogP contribution in [0.3, 0.4) is 0 Å². The number of hydrogen-bond acceptors (Lipinski definition) is 5. The number of rotatable bonds is 3. The van der Waals surface area contributed by atoms with Gasteiger partial charge in [0.05, 0.1) is 18.8 Å². The number of hydrogen-bond donors (Lipinski definition) is 0. The highest BCUT2D eigenvalue weighted by atomic mass is 35.5. The number of carbonyl (C=O) groups excluding carboxylic acids is 1. The summed E-state index contributed by atoms with van der Waals surface area (Å²) in [7, 11) is 1.31. The van der Waals surface area contributed by atoms with Gasteiger partial charge in [0.2, 0.25) is 5.28 Å². The Kier molecular flexibility index (Phi) is 4.63. The van der Waals surface area contributed by atoms with Crippen molar-refractivity contribution in [1.82, 2.24) is 15.0 Å². The van der Waals surface area contributed by atoms with Gasteiger partial charge < -0.3 is 4.74 Å². The highest BCUT2D eigenvalue weighted by Gasteiger charge is 2.16. The minimum Gasteiger partial charge on any atom is -0.464 e. The lowest BCUT2D eigenvalue weighted by Crippen LogP contribution is -2.06. The average Bonchev–Trinajstić information content (AvgIpc) is 2.61. The van der Waals surface area contributed by atoms with Crippen LogP contribution >= 0.6 is 11.6 Å². The van der Waals surface area contributed by atoms with Crippen molar-refractivity contribution in [1.29, 1.82) is 0 Å². The second kappa shape index (κ2) is 6.72. The second-order valence-electron chi connectivity index (χ2n) is 5.81. The van der Waals surface area contributed by atoms with Crippen LogP contribution in [0.15, 0.2) is 30.5 Å². The van der Waals surface area contributed by atoms with Crippen LogP contribution in [0.4, 0.5) is 4.39 Å². The highest BCUT2D eigenvalue weighted by molar-refractivity contribution is 6.28. The zero-order valence-corrected chi connectivity index (χ0v) is 14.6. The van der Waals surface area contributed by atoms with E-state index in [1.807, 2.05) is 13.8 Å². The van der Waals surface area contributed by atoms with Gasteiger partial charge in [0, 0.05) is 10.9 Å². The lowest BCUT2D eigenvalue weighted by Gasteiger charge is -2.13. The van der Waals surface area contributed by atoms with Crippen molar-refractivity contribution in [3.8, 4) is 11.3 Å². The minimum atomic E-state index is -0.561. The third kappa shape index (κ3) is 3.30. The summed E-state index contributed by atoms with van der Waals surface area (Å²) in [6, 6.07) is 6.90. The number of carbonyl (C=O) groups is 1. The summed E-state index contributed by atoms with van der Waals surface area (Å²) >= 11 is 5.79. The van der Waals surface area contributed by atoms with Crippen LogP contribution in [0.1, 0.15) is 35.8 Å². The van der Waals surface area contributed by atoms with Crippen molar-refractivity contribution in [2.75, 3.05) is 7.11 Å². The molecule has 0 radical (unpaired) electrons. The first-order valence-electron chi connectivity index (χ1n) is 7.62. The van der Waals surface area contributed by atoms with E-state index < -0.39 is 11.8 Å². The molecule has 0 atom stereocenters. The molecule has 3 aromatic rings. The molecule has 1 aromatic carbocycles. The van der Waals surface area contributed by atoms with E-state index in [2.05, 4.69) is 15.0 Å². The number of methoxy groups -OCH3 is 1. The maximum atomic E-state index is 14.1. The van der Waals surface area contributed by atoms with Gasteiger partial charge in [0.1, 0.15) is 11.4 Å². The van der Waals surface area contributed by atoms with Gasteiger partial charge >= 0.3 is 5.97 Å². The van der Waals surface area contributed by atoms with E-state index in [0.717, 1.165) is 17.1 Å². The summed E-state index contributed by atoms with van der Waals surface area (Å²) < 4.78 is 18.8. The Morgan fingerprint density at radius 3 is 2.68 bits per heavy atom. The number of pyridine rings is 1. The topological polar surface area (TPSA) is 65.0 Å². The molecule has 2 heterocycles. The molecule has 0 saturated heterocycles. The molecule has 0 aliphatic heterocycles. The van der Waals surface area contributed by atoms with Gasteiger partial charge in [-0.25, -0.2) is 24.1 Å². The molecule has 128 valence electrons. The highest BCUT2D eigenvalue weighted by Crippen LogP contribution is 2.30. The third-order valence-electron chi connectivity index (χ3n) is 3.85. The zero-order chi connectivity index (χ0) is 18.1. The first-order chi connectivity index (χ1) is 11.9. The number of aromatic nitrogens is 3. The molecule has 0 bridgehead atoms. The fourth-order valence-electron chi connectivity index (χ4n) is 2.63. The molecule has 3 rings (SSSR count). The normalized spacial score (nSPS) is 11.1. The van der Waals surface area contributed by atoms with E-state index >= 15 is 0 Å². The maximum absolute atomic E-state index is 14.1. The maximum Gasteiger partial charge on any atom is 0.356 e. The molecule has 0 spiro atoms. The van der Waals surface area contributed by atoms with Crippen LogP contribution in [0.2, 0.25) is 5.28 Å². The summed E-state index contributed by atoms with van der Waals surface area (Å²) in [5.74, 6) is -0.932. The Labute approximate surface area is 148 Å². The van der Waals surface area contributed by atoms with Crippen molar-refractivity contribution < 1.29 is 13.9 Å². The van der Waals surface area contributed by atoms with Crippen molar-refractivity contribution in [3.63, 3.8) is 0 Å². The first kappa shape index (κ1) is 17.2. The van der Waals surface area contributed by atoms with Gasteiger partial charge in [0.25, 0.3) is 0 Å². The Morgan fingerprint density at radius 2 is 2.00 bits per heavy atom. The van der Waals surface area contributed by atoms with Gasteiger partial charge in [-0.05, 0) is 41.3 Å². The first-order valence-corrected chi connectivity index (χ1v) is 8.00. The lowest BCUT2D eigenvalue weighted by atomic mass is 9.96. The number of benzene rings is 1. The van der Waals surface area contributed by atoms with E-state index in [0.29, 0.717) is 11.1 Å². The van der Waals surface area contributed by atoms with Crippen LogP contribution < -0.4 is 0 Å². The number of halogens is 2. The second-order valence-corrected chi connectivity index (χ2v) is 6.15. The smallest absolute Gasteiger partial charge is 0.356 e. The van der Waals surface area contributed by atoms with E-state index in [1.54, 1.807) is 24.3 Å². The lowest BCUT2D eigenvalue weighted by molar-refractivity contribution is 0.0594. The van der Waals surface area contributed by atoms with Gasteiger partial charge in [-0.15, -0.1) is 0 Å². The third-order valence-corrected chi connectivity index (χ3v) is 4.03. The van der Waals surface area contributed by atoms with Gasteiger partial charge in [-0.1, -0.05) is 19.9 Å². The molecular formula is C18H15ClFN3O2. The molecule has 0 fully saturated rings. The zero-order valence-electron chi connectivity index (χ0n) is 13.9. The summed E-state index contributed by atoms with van der Waals surface area (Å²) in [6.07, 6.45) is 1.04. The Morgan fingerprint density at radius 1 is 1.24 bits per heavy atom. The summed E-state index contributed by atoms with van der Waals surface area (Å²) in [5.41, 5.74) is 2.45. The van der Waals surface area contributed by atoms with E-state index in [4.69, 9.17) is 16.3 Å². The number of fused-ring (bicyclic) bond motifs is 1. The minimum absolute atomic E-state index is 0.0280. The van der Waals surface area contributed by atoms with Crippen LogP contribution in [0.5, 0.6) is 0 Å². The Bertz CT molecular complexity index is 976. The van der Waals surface area contributed by atoms with Crippen LogP contribution in [0, 0.1) is 5.82 Å². The molecule has 0 saturated carbocycles. The Balaban J connectivity index is 2.25. The fourth-order valence-corrected chi connectivity index (χ4v) is 2.77. The SMILES string of the molecule is COC(=O)c1cc(C(C)C)c2cc(-c3nc(Cl)ncc3F)ccc2n1. The van der Waals surface area contributed by atoms with E-state index in [9.17, 15) is 9.18 Å². The molecule has 0 N–H and O–H groups in total. The fraction of sp³-hybridized carbons (Fsp3) is 0.222. The van der Waals surface area contributed by atoms with Crippen LogP contribution in [0.25, 0.3) is 22.2 Å². The van der Waals surface area contributed by atoms with E-state index in [1.165, 1.54) is 7.11 Å². The van der Waals surface area contributed by atoms with Gasteiger partial charge in [-0.2, -0.15) is 0 Å². The molecule has 25 heavy (non-hydrogen) atoms. The molecule has 0 unspecified atom stereocenters. The van der Waals surface area contributed by atoms with Gasteiger partial charge in [0.15, 0.2) is 5.82 Å². The number of ether oxygens (including phenoxy) is 1. The van der Waals surface area contributed by atoms with Crippen molar-refractivity contribution in [3.05, 3.63) is 52.8 Å². The van der Waals surface area contributed by atoms with Crippen molar-refractivity contribution in [2.45, 2.75) is 19.8 Å². The molecule has 2 aromatic heterocycles. The monoisotopic (exact) mass is 359 g/mol. The number of esters is 1. The summed E-state index contributed by atoms with van der Waals surface area (Å²) in [5, 5.41) is 0.786. The van der Waals surface area contributed by atoms with Crippen LogP contribution in [-0.4, -0.2) is 28.0 Å². The molecular weight excluding hydrogens is 345 g/mol. The number of nitrogens with zero attached hydrogens (tertiary/aromatic N) is 3. The van der Waals surface area contributed by atoms with Crippen molar-refractivity contribution in [2.24, 2.45) is 0 Å². The van der Waals surface area contributed by atoms with E-state index in [-0.39, 0.29) is 22.6 Å². The van der Waals surface area contributed by atoms with Crippen LogP contribution in [-0.2, 0) is 4.74 Å². The molecule has 0 aliphatic rings. The predicted molar refractivity (Wildman–Crippen MR) is 93.2 cm³/mol. The molecule has 7 heteroatoms. The summed E-state index contributed by atoms with van der Waals surface area (Å²) in [4.78, 5) is 23.8. The largest absolute Gasteiger partial charge is 0.464 e. The quantitative estimate of drug-likeness (QED) is 0.512. The summed E-state index contributed by atoms with van der Waals surface area (Å²) in [6.45, 7) is 4.01. The molecule has 5 nitrogen and oxygen atoms in total. The van der Waals surface area contributed by atoms with Crippen molar-refractivity contribution >= 4 is 28.5 Å². The predicted octanol–water partition coefficient (Wildman–Crippen LogP) is 4.39.